The van der Waals surface area contributed by atoms with Gasteiger partial charge in [-0.2, -0.15) is 5.10 Å². The molecule has 0 amide bonds. The van der Waals surface area contributed by atoms with Crippen LogP contribution in [0, 0.1) is 0 Å². The summed E-state index contributed by atoms with van der Waals surface area (Å²) < 4.78 is 0. The lowest BCUT2D eigenvalue weighted by atomic mass is 9.92. The van der Waals surface area contributed by atoms with Gasteiger partial charge < -0.3 is 5.32 Å². The molecule has 2 heterocycles. The molecule has 1 aromatic heterocycles. The van der Waals surface area contributed by atoms with E-state index in [0.29, 0.717) is 5.92 Å². The Balaban J connectivity index is 2.20. The van der Waals surface area contributed by atoms with Gasteiger partial charge in [0.05, 0.1) is 11.7 Å². The number of rotatable bonds is 1. The van der Waals surface area contributed by atoms with Crippen molar-refractivity contribution in [1.82, 2.24) is 15.5 Å². The molecule has 0 atom stereocenters. The minimum Gasteiger partial charge on any atom is -0.315 e. The number of nitrogens with one attached hydrogen (secondary N) is 2. The van der Waals surface area contributed by atoms with Crippen LogP contribution in [0.1, 0.15) is 11.5 Å². The molecule has 1 fully saturated rings. The summed E-state index contributed by atoms with van der Waals surface area (Å²) in [6.07, 6.45) is 1.88. The summed E-state index contributed by atoms with van der Waals surface area (Å²) in [5.74, 6) is 0.671. The lowest BCUT2D eigenvalue weighted by Gasteiger charge is -2.27. The smallest absolute Gasteiger partial charge is 0.0686 e. The molecule has 66 valence electrons. The highest BCUT2D eigenvalue weighted by Crippen LogP contribution is 2.26. The van der Waals surface area contributed by atoms with Gasteiger partial charge in [0.1, 0.15) is 0 Å². The van der Waals surface area contributed by atoms with Gasteiger partial charge in [0.2, 0.25) is 0 Å². The van der Waals surface area contributed by atoms with Crippen LogP contribution in [-0.2, 0) is 0 Å². The number of aromatic amines is 1. The Morgan fingerprint density at radius 3 is 3.00 bits per heavy atom. The maximum absolute atomic E-state index is 4.06. The summed E-state index contributed by atoms with van der Waals surface area (Å²) in [7, 11) is 0. The van der Waals surface area contributed by atoms with Gasteiger partial charge in [0, 0.05) is 24.4 Å². The molecule has 3 rings (SSSR count). The molecule has 0 saturated carbocycles. The third kappa shape index (κ3) is 0.971. The zero-order chi connectivity index (χ0) is 8.67. The first kappa shape index (κ1) is 7.09. The lowest BCUT2D eigenvalue weighted by Crippen LogP contribution is -2.39. The molecule has 3 heteroatoms. The van der Waals surface area contributed by atoms with E-state index in [0.717, 1.165) is 13.1 Å². The van der Waals surface area contributed by atoms with Crippen molar-refractivity contribution >= 4 is 10.9 Å². The molecule has 0 spiro atoms. The van der Waals surface area contributed by atoms with E-state index in [1.807, 2.05) is 6.20 Å². The van der Waals surface area contributed by atoms with Crippen molar-refractivity contribution in [1.29, 1.82) is 0 Å². The van der Waals surface area contributed by atoms with Crippen LogP contribution in [0.25, 0.3) is 10.9 Å². The second-order valence-corrected chi connectivity index (χ2v) is 3.54. The molecule has 1 aliphatic rings. The summed E-state index contributed by atoms with van der Waals surface area (Å²) in [6, 6.07) is 6.38. The Labute approximate surface area is 76.1 Å². The molecule has 0 aliphatic carbocycles. The monoisotopic (exact) mass is 173 g/mol. The molecule has 1 aromatic carbocycles. The van der Waals surface area contributed by atoms with E-state index in [1.165, 1.54) is 16.5 Å². The van der Waals surface area contributed by atoms with Gasteiger partial charge in [0.25, 0.3) is 0 Å². The van der Waals surface area contributed by atoms with Gasteiger partial charge >= 0.3 is 0 Å². The standard InChI is InChI=1S/C10H11N3/c1-2-7-6-12-13-10(7)9(3-1)8-4-11-5-8/h1-3,6,8,11H,4-5H2,(H,12,13). The summed E-state index contributed by atoms with van der Waals surface area (Å²) in [5, 5.41) is 11.6. The molecule has 1 saturated heterocycles. The van der Waals surface area contributed by atoms with Crippen molar-refractivity contribution in [2.75, 3.05) is 13.1 Å². The number of benzene rings is 1. The minimum absolute atomic E-state index is 0.671. The Bertz CT molecular complexity index is 428. The fourth-order valence-corrected chi connectivity index (χ4v) is 1.84. The van der Waals surface area contributed by atoms with E-state index < -0.39 is 0 Å². The van der Waals surface area contributed by atoms with Crippen LogP contribution in [0.3, 0.4) is 0 Å². The third-order valence-corrected chi connectivity index (χ3v) is 2.73. The number of hydrogen-bond donors (Lipinski definition) is 2. The maximum atomic E-state index is 4.06. The molecule has 3 nitrogen and oxygen atoms in total. The Morgan fingerprint density at radius 1 is 1.31 bits per heavy atom. The van der Waals surface area contributed by atoms with E-state index in [2.05, 4.69) is 33.7 Å². The SMILES string of the molecule is c1cc(C2CNC2)c2[nH]ncc2c1. The predicted octanol–water partition coefficient (Wildman–Crippen LogP) is 1.25. The van der Waals surface area contributed by atoms with Crippen molar-refractivity contribution < 1.29 is 0 Å². The highest BCUT2D eigenvalue weighted by atomic mass is 15.1. The van der Waals surface area contributed by atoms with Crippen LogP contribution in [0.2, 0.25) is 0 Å². The van der Waals surface area contributed by atoms with Crippen molar-refractivity contribution in [2.45, 2.75) is 5.92 Å². The number of para-hydroxylation sites is 1. The average Bonchev–Trinajstić information content (AvgIpc) is 2.49. The molecule has 13 heavy (non-hydrogen) atoms. The van der Waals surface area contributed by atoms with Gasteiger partial charge in [-0.05, 0) is 5.56 Å². The number of fused-ring (bicyclic) bond motifs is 1. The number of hydrogen-bond acceptors (Lipinski definition) is 2. The van der Waals surface area contributed by atoms with Crippen LogP contribution in [0.15, 0.2) is 24.4 Å². The topological polar surface area (TPSA) is 40.7 Å². The summed E-state index contributed by atoms with van der Waals surface area (Å²) in [6.45, 7) is 2.19. The van der Waals surface area contributed by atoms with Crippen molar-refractivity contribution in [3.8, 4) is 0 Å². The van der Waals surface area contributed by atoms with Crippen LogP contribution >= 0.6 is 0 Å². The van der Waals surface area contributed by atoms with E-state index in [9.17, 15) is 0 Å². The molecule has 2 aromatic rings. The molecule has 0 radical (unpaired) electrons. The van der Waals surface area contributed by atoms with Crippen LogP contribution in [0.5, 0.6) is 0 Å². The van der Waals surface area contributed by atoms with Gasteiger partial charge in [-0.15, -0.1) is 0 Å². The fraction of sp³-hybridized carbons (Fsp3) is 0.300. The maximum Gasteiger partial charge on any atom is 0.0686 e. The van der Waals surface area contributed by atoms with Crippen molar-refractivity contribution in [3.63, 3.8) is 0 Å². The Hall–Kier alpha value is -1.35. The van der Waals surface area contributed by atoms with Gasteiger partial charge in [-0.25, -0.2) is 0 Å². The first-order valence-electron chi connectivity index (χ1n) is 4.58. The van der Waals surface area contributed by atoms with Gasteiger partial charge in [-0.3, -0.25) is 5.10 Å². The zero-order valence-corrected chi connectivity index (χ0v) is 7.25. The van der Waals surface area contributed by atoms with Crippen molar-refractivity contribution in [3.05, 3.63) is 30.0 Å². The van der Waals surface area contributed by atoms with Crippen LogP contribution in [0.4, 0.5) is 0 Å². The molecule has 1 aliphatic heterocycles. The Kier molecular flexibility index (Phi) is 1.40. The summed E-state index contributed by atoms with van der Waals surface area (Å²) >= 11 is 0. The number of aromatic nitrogens is 2. The van der Waals surface area contributed by atoms with E-state index in [-0.39, 0.29) is 0 Å². The van der Waals surface area contributed by atoms with Gasteiger partial charge in [0.15, 0.2) is 0 Å². The van der Waals surface area contributed by atoms with E-state index in [4.69, 9.17) is 0 Å². The molecule has 0 bridgehead atoms. The first-order valence-corrected chi connectivity index (χ1v) is 4.58. The van der Waals surface area contributed by atoms with E-state index >= 15 is 0 Å². The normalized spacial score (nSPS) is 17.5. The van der Waals surface area contributed by atoms with E-state index in [1.54, 1.807) is 0 Å². The third-order valence-electron chi connectivity index (χ3n) is 2.73. The zero-order valence-electron chi connectivity index (χ0n) is 7.25. The summed E-state index contributed by atoms with van der Waals surface area (Å²) in [4.78, 5) is 0. The second-order valence-electron chi connectivity index (χ2n) is 3.54. The van der Waals surface area contributed by atoms with Crippen LogP contribution in [-0.4, -0.2) is 23.3 Å². The van der Waals surface area contributed by atoms with Crippen molar-refractivity contribution in [2.24, 2.45) is 0 Å². The fourth-order valence-electron chi connectivity index (χ4n) is 1.84. The minimum atomic E-state index is 0.671. The quantitative estimate of drug-likeness (QED) is 0.681. The second kappa shape index (κ2) is 2.57. The summed E-state index contributed by atoms with van der Waals surface area (Å²) in [5.41, 5.74) is 2.60. The molecule has 0 unspecified atom stereocenters. The average molecular weight is 173 g/mol. The molecular weight excluding hydrogens is 162 g/mol. The molecular formula is C10H11N3. The lowest BCUT2D eigenvalue weighted by molar-refractivity contribution is 0.450. The highest BCUT2D eigenvalue weighted by molar-refractivity contribution is 5.81. The number of nitrogens with zero attached hydrogens (tertiary/aromatic N) is 1. The van der Waals surface area contributed by atoms with Gasteiger partial charge in [-0.1, -0.05) is 18.2 Å². The Morgan fingerprint density at radius 2 is 2.23 bits per heavy atom. The number of H-pyrrole nitrogens is 1. The molecule has 2 N–H and O–H groups in total. The predicted molar refractivity (Wildman–Crippen MR) is 51.7 cm³/mol. The first-order chi connectivity index (χ1) is 6.45. The largest absolute Gasteiger partial charge is 0.315 e. The highest BCUT2D eigenvalue weighted by Gasteiger charge is 2.20. The van der Waals surface area contributed by atoms with Crippen LogP contribution < -0.4 is 5.32 Å².